The summed E-state index contributed by atoms with van der Waals surface area (Å²) in [6, 6.07) is 13.2. The monoisotopic (exact) mass is 508 g/mol. The molecule has 2 aliphatic rings. The van der Waals surface area contributed by atoms with E-state index in [1.165, 1.54) is 10.1 Å². The minimum atomic E-state index is -0.226. The number of nitrogens with zero attached hydrogens (tertiary/aromatic N) is 3. The number of ether oxygens (including phenoxy) is 1. The third kappa shape index (κ3) is 5.19. The van der Waals surface area contributed by atoms with Crippen LogP contribution in [0.1, 0.15) is 38.2 Å². The molecule has 2 heterocycles. The van der Waals surface area contributed by atoms with Gasteiger partial charge in [-0.2, -0.15) is 0 Å². The number of hydrogen-bond donors (Lipinski definition) is 1. The van der Waals surface area contributed by atoms with Gasteiger partial charge in [0.25, 0.3) is 5.56 Å². The minimum Gasteiger partial charge on any atom is -0.379 e. The second-order valence-corrected chi connectivity index (χ2v) is 10.9. The van der Waals surface area contributed by atoms with Crippen LogP contribution in [0, 0.1) is 5.92 Å². The molecule has 2 aromatic carbocycles. The van der Waals surface area contributed by atoms with E-state index in [9.17, 15) is 9.59 Å². The summed E-state index contributed by atoms with van der Waals surface area (Å²) in [6.07, 6.45) is 2.63. The van der Waals surface area contributed by atoms with Crippen LogP contribution in [0.2, 0.25) is 5.02 Å². The predicted molar refractivity (Wildman–Crippen MR) is 142 cm³/mol. The molecule has 1 saturated carbocycles. The number of likely N-dealkylation sites (tertiary alicyclic amines) is 1. The van der Waals surface area contributed by atoms with Gasteiger partial charge in [-0.05, 0) is 68.4 Å². The van der Waals surface area contributed by atoms with E-state index in [1.54, 1.807) is 19.2 Å². The highest BCUT2D eigenvalue weighted by molar-refractivity contribution is 6.30. The molecule has 1 aliphatic carbocycles. The van der Waals surface area contributed by atoms with Crippen LogP contribution in [0.4, 0.5) is 0 Å². The molecule has 0 spiro atoms. The topological polar surface area (TPSA) is 76.5 Å². The maximum Gasteiger partial charge on any atom is 0.262 e. The quantitative estimate of drug-likeness (QED) is 0.496. The lowest BCUT2D eigenvalue weighted by atomic mass is 9.71. The molecule has 190 valence electrons. The van der Waals surface area contributed by atoms with Crippen molar-refractivity contribution in [2.75, 3.05) is 26.7 Å². The lowest BCUT2D eigenvalue weighted by Crippen LogP contribution is -2.54. The number of methoxy groups -OCH3 is 1. The van der Waals surface area contributed by atoms with E-state index in [-0.39, 0.29) is 24.1 Å². The number of carbonyl (C=O) groups excluding carboxylic acids is 1. The Hall–Kier alpha value is -2.74. The van der Waals surface area contributed by atoms with Crippen LogP contribution < -0.4 is 10.9 Å². The van der Waals surface area contributed by atoms with Gasteiger partial charge in [0, 0.05) is 43.4 Å². The van der Waals surface area contributed by atoms with Crippen LogP contribution in [-0.2, 0) is 16.1 Å². The third-order valence-electron chi connectivity index (χ3n) is 7.29. The first kappa shape index (κ1) is 24.9. The van der Waals surface area contributed by atoms with Crippen LogP contribution in [0.5, 0.6) is 0 Å². The van der Waals surface area contributed by atoms with Gasteiger partial charge >= 0.3 is 0 Å². The molecule has 36 heavy (non-hydrogen) atoms. The van der Waals surface area contributed by atoms with Crippen molar-refractivity contribution < 1.29 is 9.53 Å². The van der Waals surface area contributed by atoms with E-state index in [0.717, 1.165) is 32.5 Å². The minimum absolute atomic E-state index is 0.0222. The fraction of sp³-hybridized carbons (Fsp3) is 0.464. The summed E-state index contributed by atoms with van der Waals surface area (Å²) >= 11 is 6.22. The number of fused-ring (bicyclic) bond motifs is 1. The van der Waals surface area contributed by atoms with Crippen molar-refractivity contribution in [1.82, 2.24) is 19.8 Å². The standard InChI is InChI=1S/C28H33ClN4O3/c1-17(2)30-26(34)16-33-27(20-5-4-6-22(29)11-20)31-25-8-7-19(12-24(25)28(33)35)21-9-18(10-21)13-32-14-23(15-32)36-3/h4-8,11-12,17-18,21,23H,9-10,13-16H2,1-3H3,(H,30,34)/t18-,21+. The average molecular weight is 509 g/mol. The molecule has 1 aliphatic heterocycles. The van der Waals surface area contributed by atoms with Crippen LogP contribution in [0.25, 0.3) is 22.3 Å². The Kier molecular flexibility index (Phi) is 7.15. The van der Waals surface area contributed by atoms with Gasteiger partial charge in [0.2, 0.25) is 5.91 Å². The van der Waals surface area contributed by atoms with E-state index in [1.807, 2.05) is 38.1 Å². The normalized spacial score (nSPS) is 20.4. The molecule has 0 unspecified atom stereocenters. The Morgan fingerprint density at radius 1 is 1.19 bits per heavy atom. The zero-order valence-corrected chi connectivity index (χ0v) is 21.8. The van der Waals surface area contributed by atoms with Gasteiger partial charge in [-0.3, -0.25) is 19.1 Å². The van der Waals surface area contributed by atoms with Gasteiger partial charge in [-0.25, -0.2) is 4.98 Å². The summed E-state index contributed by atoms with van der Waals surface area (Å²) in [5.41, 5.74) is 2.29. The second-order valence-electron chi connectivity index (χ2n) is 10.4. The van der Waals surface area contributed by atoms with Gasteiger partial charge in [0.1, 0.15) is 12.4 Å². The predicted octanol–water partition coefficient (Wildman–Crippen LogP) is 4.07. The van der Waals surface area contributed by atoms with E-state index in [4.69, 9.17) is 21.3 Å². The van der Waals surface area contributed by atoms with Crippen molar-refractivity contribution in [3.63, 3.8) is 0 Å². The van der Waals surface area contributed by atoms with Gasteiger partial charge < -0.3 is 10.1 Å². The molecule has 0 atom stereocenters. The number of nitrogens with one attached hydrogen (secondary N) is 1. The van der Waals surface area contributed by atoms with Crippen molar-refractivity contribution in [2.45, 2.75) is 51.3 Å². The van der Waals surface area contributed by atoms with E-state index in [2.05, 4.69) is 16.3 Å². The largest absolute Gasteiger partial charge is 0.379 e. The first-order valence-electron chi connectivity index (χ1n) is 12.7. The van der Waals surface area contributed by atoms with Crippen molar-refractivity contribution in [3.8, 4) is 11.4 Å². The van der Waals surface area contributed by atoms with E-state index < -0.39 is 0 Å². The van der Waals surface area contributed by atoms with E-state index >= 15 is 0 Å². The van der Waals surface area contributed by atoms with Crippen LogP contribution in [0.15, 0.2) is 47.3 Å². The van der Waals surface area contributed by atoms with Crippen LogP contribution in [-0.4, -0.2) is 59.2 Å². The zero-order valence-electron chi connectivity index (χ0n) is 21.0. The number of aromatic nitrogens is 2. The first-order chi connectivity index (χ1) is 17.3. The van der Waals surface area contributed by atoms with Crippen molar-refractivity contribution in [3.05, 3.63) is 63.4 Å². The van der Waals surface area contributed by atoms with Crippen LogP contribution in [0.3, 0.4) is 0 Å². The first-order valence-corrected chi connectivity index (χ1v) is 13.0. The molecule has 0 radical (unpaired) electrons. The van der Waals surface area contributed by atoms with Gasteiger partial charge in [0.15, 0.2) is 0 Å². The molecule has 1 saturated heterocycles. The zero-order chi connectivity index (χ0) is 25.4. The fourth-order valence-electron chi connectivity index (χ4n) is 5.34. The Balaban J connectivity index is 1.42. The number of amides is 1. The van der Waals surface area contributed by atoms with Gasteiger partial charge in [0.05, 0.1) is 17.0 Å². The van der Waals surface area contributed by atoms with Crippen molar-refractivity contribution in [1.29, 1.82) is 0 Å². The van der Waals surface area contributed by atoms with Gasteiger partial charge in [-0.1, -0.05) is 29.8 Å². The molecular weight excluding hydrogens is 476 g/mol. The third-order valence-corrected chi connectivity index (χ3v) is 7.53. The lowest BCUT2D eigenvalue weighted by molar-refractivity contribution is -0.122. The molecule has 1 N–H and O–H groups in total. The number of benzene rings is 2. The second kappa shape index (κ2) is 10.3. The summed E-state index contributed by atoms with van der Waals surface area (Å²) in [5, 5.41) is 3.97. The Morgan fingerprint density at radius 3 is 2.67 bits per heavy atom. The van der Waals surface area contributed by atoms with Crippen molar-refractivity contribution >= 4 is 28.4 Å². The van der Waals surface area contributed by atoms with Gasteiger partial charge in [-0.15, -0.1) is 0 Å². The maximum absolute atomic E-state index is 13.7. The Morgan fingerprint density at radius 2 is 1.97 bits per heavy atom. The molecule has 1 amide bonds. The van der Waals surface area contributed by atoms with E-state index in [0.29, 0.717) is 45.3 Å². The highest BCUT2D eigenvalue weighted by Crippen LogP contribution is 2.43. The molecule has 2 fully saturated rings. The summed E-state index contributed by atoms with van der Waals surface area (Å²) in [7, 11) is 1.78. The highest BCUT2D eigenvalue weighted by atomic mass is 35.5. The molecule has 7 nitrogen and oxygen atoms in total. The summed E-state index contributed by atoms with van der Waals surface area (Å²) in [5.74, 6) is 1.34. The summed E-state index contributed by atoms with van der Waals surface area (Å²) in [6.45, 7) is 6.86. The number of carbonyl (C=O) groups is 1. The fourth-order valence-corrected chi connectivity index (χ4v) is 5.53. The Bertz CT molecular complexity index is 1330. The molecule has 1 aromatic heterocycles. The maximum atomic E-state index is 13.7. The number of rotatable bonds is 8. The van der Waals surface area contributed by atoms with Crippen LogP contribution >= 0.6 is 11.6 Å². The summed E-state index contributed by atoms with van der Waals surface area (Å²) < 4.78 is 6.84. The number of hydrogen-bond acceptors (Lipinski definition) is 5. The Labute approximate surface area is 216 Å². The van der Waals surface area contributed by atoms with Crippen molar-refractivity contribution in [2.24, 2.45) is 5.92 Å². The smallest absolute Gasteiger partial charge is 0.262 e. The summed E-state index contributed by atoms with van der Waals surface area (Å²) in [4.78, 5) is 33.6. The lowest BCUT2D eigenvalue weighted by Gasteiger charge is -2.44. The molecule has 3 aromatic rings. The molecule has 0 bridgehead atoms. The highest BCUT2D eigenvalue weighted by Gasteiger charge is 2.35. The average Bonchev–Trinajstić information content (AvgIpc) is 2.78. The molecular formula is C28H33ClN4O3. The molecule has 8 heteroatoms. The SMILES string of the molecule is COC1CN(C[C@H]2C[C@@H](c3ccc4nc(-c5cccc(Cl)c5)n(CC(=O)NC(C)C)c(=O)c4c3)C2)C1. The number of halogens is 1. The molecule has 5 rings (SSSR count).